The maximum atomic E-state index is 12.1. The Labute approximate surface area is 134 Å². The molecule has 0 aromatic carbocycles. The molecule has 2 heterocycles. The molecule has 0 aliphatic heterocycles. The van der Waals surface area contributed by atoms with Gasteiger partial charge in [0.2, 0.25) is 0 Å². The van der Waals surface area contributed by atoms with E-state index in [0.29, 0.717) is 15.2 Å². The zero-order valence-corrected chi connectivity index (χ0v) is 14.2. The number of ether oxygens (including phenoxy) is 1. The van der Waals surface area contributed by atoms with Crippen molar-refractivity contribution < 1.29 is 18.7 Å². The van der Waals surface area contributed by atoms with Gasteiger partial charge < -0.3 is 14.5 Å². The van der Waals surface area contributed by atoms with Crippen LogP contribution in [-0.2, 0) is 4.74 Å². The quantitative estimate of drug-likeness (QED) is 0.819. The molecule has 0 aliphatic carbocycles. The Kier molecular flexibility index (Phi) is 4.84. The minimum atomic E-state index is -0.435. The minimum absolute atomic E-state index is 0.167. The number of esters is 1. The summed E-state index contributed by atoms with van der Waals surface area (Å²) in [5.41, 5.74) is 1.22. The van der Waals surface area contributed by atoms with Crippen molar-refractivity contribution in [3.8, 4) is 0 Å². The summed E-state index contributed by atoms with van der Waals surface area (Å²) in [6.07, 6.45) is 0. The number of halogens is 1. The first-order valence-electron chi connectivity index (χ1n) is 6.27. The fourth-order valence-corrected chi connectivity index (χ4v) is 3.12. The summed E-state index contributed by atoms with van der Waals surface area (Å²) >= 11 is 4.48. The van der Waals surface area contributed by atoms with Gasteiger partial charge in [-0.2, -0.15) is 0 Å². The Bertz CT molecular complexity index is 689. The number of furan rings is 1. The Morgan fingerprint density at radius 3 is 2.67 bits per heavy atom. The Balaban J connectivity index is 2.29. The maximum Gasteiger partial charge on any atom is 0.341 e. The number of hydrogen-bond acceptors (Lipinski definition) is 5. The van der Waals surface area contributed by atoms with Gasteiger partial charge in [0, 0.05) is 4.88 Å². The van der Waals surface area contributed by atoms with E-state index in [1.165, 1.54) is 11.3 Å². The average Bonchev–Trinajstić information content (AvgIpc) is 2.95. The standard InChI is InChI=1S/C14H14BrNO4S/c1-4-19-14(18)11-7(2)8(3)21-13(11)16-12(17)9-5-6-10(15)20-9/h5-6H,4H2,1-3H3,(H,16,17). The molecule has 0 radical (unpaired) electrons. The number of rotatable bonds is 4. The van der Waals surface area contributed by atoms with Gasteiger partial charge in [-0.1, -0.05) is 0 Å². The molecular formula is C14H14BrNO4S. The van der Waals surface area contributed by atoms with Crippen molar-refractivity contribution in [3.05, 3.63) is 38.6 Å². The van der Waals surface area contributed by atoms with Crippen LogP contribution in [0.3, 0.4) is 0 Å². The second-order valence-corrected chi connectivity index (χ2v) is 6.27. The maximum absolute atomic E-state index is 12.1. The second-order valence-electron chi connectivity index (χ2n) is 4.27. The van der Waals surface area contributed by atoms with Gasteiger partial charge in [-0.05, 0) is 54.4 Å². The molecule has 21 heavy (non-hydrogen) atoms. The first-order valence-corrected chi connectivity index (χ1v) is 7.88. The molecule has 2 rings (SSSR count). The van der Waals surface area contributed by atoms with Gasteiger partial charge in [0.1, 0.15) is 5.00 Å². The molecule has 0 spiro atoms. The summed E-state index contributed by atoms with van der Waals surface area (Å²) in [4.78, 5) is 25.1. The molecule has 0 bridgehead atoms. The van der Waals surface area contributed by atoms with Gasteiger partial charge in [-0.15, -0.1) is 11.3 Å². The molecule has 7 heteroatoms. The number of hydrogen-bond donors (Lipinski definition) is 1. The van der Waals surface area contributed by atoms with Crippen molar-refractivity contribution in [1.82, 2.24) is 0 Å². The minimum Gasteiger partial charge on any atom is -0.462 e. The number of carbonyl (C=O) groups is 2. The highest BCUT2D eigenvalue weighted by Gasteiger charge is 2.23. The van der Waals surface area contributed by atoms with Gasteiger partial charge in [-0.3, -0.25) is 4.79 Å². The van der Waals surface area contributed by atoms with E-state index in [0.717, 1.165) is 10.4 Å². The molecule has 0 unspecified atom stereocenters. The van der Waals surface area contributed by atoms with Crippen LogP contribution in [0.25, 0.3) is 0 Å². The van der Waals surface area contributed by atoms with Crippen LogP contribution < -0.4 is 5.32 Å². The smallest absolute Gasteiger partial charge is 0.341 e. The third kappa shape index (κ3) is 3.36. The Morgan fingerprint density at radius 2 is 2.10 bits per heavy atom. The lowest BCUT2D eigenvalue weighted by Gasteiger charge is -2.06. The van der Waals surface area contributed by atoms with Crippen LogP contribution in [0.4, 0.5) is 5.00 Å². The fourth-order valence-electron chi connectivity index (χ4n) is 1.77. The SMILES string of the molecule is CCOC(=O)c1c(NC(=O)c2ccc(Br)o2)sc(C)c1C. The van der Waals surface area contributed by atoms with Crippen molar-refractivity contribution >= 4 is 44.1 Å². The van der Waals surface area contributed by atoms with Crippen LogP contribution in [0.2, 0.25) is 0 Å². The van der Waals surface area contributed by atoms with E-state index >= 15 is 0 Å². The Morgan fingerprint density at radius 1 is 1.38 bits per heavy atom. The average molecular weight is 372 g/mol. The van der Waals surface area contributed by atoms with E-state index in [9.17, 15) is 9.59 Å². The predicted molar refractivity (Wildman–Crippen MR) is 84.1 cm³/mol. The fraction of sp³-hybridized carbons (Fsp3) is 0.286. The summed E-state index contributed by atoms with van der Waals surface area (Å²) in [6, 6.07) is 3.18. The van der Waals surface area contributed by atoms with Crippen LogP contribution in [0.1, 0.15) is 38.3 Å². The van der Waals surface area contributed by atoms with E-state index < -0.39 is 11.9 Å². The van der Waals surface area contributed by atoms with Crippen molar-refractivity contribution in [2.24, 2.45) is 0 Å². The molecule has 1 N–H and O–H groups in total. The zero-order valence-electron chi connectivity index (χ0n) is 11.8. The van der Waals surface area contributed by atoms with Crippen LogP contribution in [0.15, 0.2) is 21.2 Å². The first-order chi connectivity index (χ1) is 9.93. The lowest BCUT2D eigenvalue weighted by molar-refractivity contribution is 0.0527. The molecule has 112 valence electrons. The van der Waals surface area contributed by atoms with Crippen LogP contribution >= 0.6 is 27.3 Å². The molecule has 5 nitrogen and oxygen atoms in total. The topological polar surface area (TPSA) is 68.5 Å². The molecule has 1 amide bonds. The van der Waals surface area contributed by atoms with E-state index in [2.05, 4.69) is 21.2 Å². The third-order valence-corrected chi connectivity index (χ3v) is 4.44. The third-order valence-electron chi connectivity index (χ3n) is 2.89. The number of carbonyl (C=O) groups excluding carboxylic acids is 2. The molecule has 0 saturated heterocycles. The highest BCUT2D eigenvalue weighted by atomic mass is 79.9. The molecule has 2 aromatic rings. The van der Waals surface area contributed by atoms with Crippen molar-refractivity contribution in [1.29, 1.82) is 0 Å². The summed E-state index contributed by atoms with van der Waals surface area (Å²) in [7, 11) is 0. The largest absolute Gasteiger partial charge is 0.462 e. The normalized spacial score (nSPS) is 10.5. The lowest BCUT2D eigenvalue weighted by atomic mass is 10.1. The van der Waals surface area contributed by atoms with Gasteiger partial charge in [0.15, 0.2) is 10.4 Å². The van der Waals surface area contributed by atoms with Gasteiger partial charge >= 0.3 is 5.97 Å². The first kappa shape index (κ1) is 15.8. The highest BCUT2D eigenvalue weighted by molar-refractivity contribution is 9.10. The predicted octanol–water partition coefficient (Wildman–Crippen LogP) is 4.15. The molecule has 0 atom stereocenters. The highest BCUT2D eigenvalue weighted by Crippen LogP contribution is 2.33. The number of nitrogens with one attached hydrogen (secondary N) is 1. The summed E-state index contributed by atoms with van der Waals surface area (Å²) in [5.74, 6) is -0.678. The van der Waals surface area contributed by atoms with Crippen LogP contribution in [-0.4, -0.2) is 18.5 Å². The van der Waals surface area contributed by atoms with Crippen LogP contribution in [0, 0.1) is 13.8 Å². The van der Waals surface area contributed by atoms with Gasteiger partial charge in [0.05, 0.1) is 12.2 Å². The van der Waals surface area contributed by atoms with E-state index in [1.807, 2.05) is 13.8 Å². The van der Waals surface area contributed by atoms with Gasteiger partial charge in [0.25, 0.3) is 5.91 Å². The van der Waals surface area contributed by atoms with Crippen LogP contribution in [0.5, 0.6) is 0 Å². The van der Waals surface area contributed by atoms with E-state index in [1.54, 1.807) is 19.1 Å². The molecule has 0 fully saturated rings. The second kappa shape index (κ2) is 6.44. The van der Waals surface area contributed by atoms with E-state index in [-0.39, 0.29) is 12.4 Å². The van der Waals surface area contributed by atoms with Crippen molar-refractivity contribution in [3.63, 3.8) is 0 Å². The number of anilines is 1. The number of amides is 1. The zero-order chi connectivity index (χ0) is 15.6. The number of thiophene rings is 1. The lowest BCUT2D eigenvalue weighted by Crippen LogP contribution is -2.14. The van der Waals surface area contributed by atoms with Gasteiger partial charge in [-0.25, -0.2) is 4.79 Å². The van der Waals surface area contributed by atoms with Crippen molar-refractivity contribution in [2.75, 3.05) is 11.9 Å². The van der Waals surface area contributed by atoms with E-state index in [4.69, 9.17) is 9.15 Å². The Hall–Kier alpha value is -1.60. The van der Waals surface area contributed by atoms with Crippen molar-refractivity contribution in [2.45, 2.75) is 20.8 Å². The monoisotopic (exact) mass is 371 g/mol. The molecule has 0 saturated carbocycles. The molecular weight excluding hydrogens is 358 g/mol. The molecule has 2 aromatic heterocycles. The summed E-state index contributed by atoms with van der Waals surface area (Å²) < 4.78 is 10.7. The summed E-state index contributed by atoms with van der Waals surface area (Å²) in [6.45, 7) is 5.75. The summed E-state index contributed by atoms with van der Waals surface area (Å²) in [5, 5.41) is 3.18. The number of aryl methyl sites for hydroxylation is 1. The molecule has 0 aliphatic rings.